The molecule has 1 aliphatic carbocycles. The number of nitrogens with one attached hydrogen (secondary N) is 1. The van der Waals surface area contributed by atoms with E-state index in [0.29, 0.717) is 40.8 Å². The third-order valence-electron chi connectivity index (χ3n) is 5.16. The van der Waals surface area contributed by atoms with Crippen molar-refractivity contribution in [1.29, 1.82) is 0 Å². The van der Waals surface area contributed by atoms with Gasteiger partial charge in [0.15, 0.2) is 5.15 Å². The van der Waals surface area contributed by atoms with Crippen LogP contribution in [0.3, 0.4) is 0 Å². The van der Waals surface area contributed by atoms with Gasteiger partial charge >= 0.3 is 0 Å². The molecule has 9 heteroatoms. The first-order valence-corrected chi connectivity index (χ1v) is 9.63. The normalized spacial score (nSPS) is 24.9. The van der Waals surface area contributed by atoms with Gasteiger partial charge in [-0.2, -0.15) is 0 Å². The molecule has 2 aromatic rings. The van der Waals surface area contributed by atoms with E-state index < -0.39 is 6.43 Å². The van der Waals surface area contributed by atoms with Gasteiger partial charge in [-0.05, 0) is 43.0 Å². The number of aromatic nitrogens is 2. The smallest absolute Gasteiger partial charge is 0.272 e. The fourth-order valence-corrected chi connectivity index (χ4v) is 4.87. The van der Waals surface area contributed by atoms with Gasteiger partial charge in [0.1, 0.15) is 5.82 Å². The second kappa shape index (κ2) is 7.08. The molecular formula is C17H17ClF2N4OS. The summed E-state index contributed by atoms with van der Waals surface area (Å²) in [4.78, 5) is 14.8. The van der Waals surface area contributed by atoms with Gasteiger partial charge in [0, 0.05) is 25.0 Å². The van der Waals surface area contributed by atoms with Crippen LogP contribution in [0.15, 0.2) is 24.3 Å². The molecule has 0 radical (unpaired) electrons. The maximum absolute atomic E-state index is 12.8. The molecule has 0 unspecified atom stereocenters. The quantitative estimate of drug-likeness (QED) is 0.842. The van der Waals surface area contributed by atoms with E-state index >= 15 is 0 Å². The Bertz CT molecular complexity index is 800. The summed E-state index contributed by atoms with van der Waals surface area (Å²) in [6.07, 6.45) is -0.496. The van der Waals surface area contributed by atoms with Crippen molar-refractivity contribution < 1.29 is 13.6 Å². The number of carbonyl (C=O) groups excluding carboxylic acids is 1. The highest BCUT2D eigenvalue weighted by Crippen LogP contribution is 2.40. The highest BCUT2D eigenvalue weighted by molar-refractivity contribution is 7.14. The third-order valence-corrected chi connectivity index (χ3v) is 6.44. The first-order valence-electron chi connectivity index (χ1n) is 8.44. The molecule has 0 aromatic carbocycles. The van der Waals surface area contributed by atoms with Crippen LogP contribution < -0.4 is 5.32 Å². The van der Waals surface area contributed by atoms with Gasteiger partial charge in [-0.1, -0.05) is 11.6 Å². The molecule has 1 aliphatic heterocycles. The number of likely N-dealkylation sites (tertiary alicyclic amines) is 1. The number of carbonyl (C=O) groups is 1. The van der Waals surface area contributed by atoms with Crippen molar-refractivity contribution in [2.24, 2.45) is 11.8 Å². The molecule has 1 saturated carbocycles. The fourth-order valence-electron chi connectivity index (χ4n) is 3.93. The number of fused-ring (bicyclic) bond motifs is 1. The van der Waals surface area contributed by atoms with Crippen LogP contribution in [-0.2, 0) is 0 Å². The largest absolute Gasteiger partial charge is 0.365 e. The Morgan fingerprint density at radius 3 is 2.77 bits per heavy atom. The van der Waals surface area contributed by atoms with Crippen molar-refractivity contribution in [2.45, 2.75) is 25.3 Å². The lowest BCUT2D eigenvalue weighted by atomic mass is 9.98. The monoisotopic (exact) mass is 398 g/mol. The molecule has 1 amide bonds. The Hall–Kier alpha value is -1.80. The second-order valence-electron chi connectivity index (χ2n) is 6.71. The predicted octanol–water partition coefficient (Wildman–Crippen LogP) is 4.09. The van der Waals surface area contributed by atoms with Crippen LogP contribution in [0, 0.1) is 11.8 Å². The molecule has 5 nitrogen and oxygen atoms in total. The summed E-state index contributed by atoms with van der Waals surface area (Å²) in [6, 6.07) is 6.53. The van der Waals surface area contributed by atoms with Crippen molar-refractivity contribution >= 4 is 34.7 Å². The fraction of sp³-hybridized carbons (Fsp3) is 0.471. The molecule has 138 valence electrons. The lowest BCUT2D eigenvalue weighted by Crippen LogP contribution is -2.33. The second-order valence-corrected chi connectivity index (χ2v) is 8.21. The number of halogens is 3. The van der Waals surface area contributed by atoms with Gasteiger partial charge in [-0.15, -0.1) is 21.5 Å². The Morgan fingerprint density at radius 1 is 1.23 bits per heavy atom. The zero-order valence-corrected chi connectivity index (χ0v) is 15.3. The Kier molecular flexibility index (Phi) is 4.79. The minimum Gasteiger partial charge on any atom is -0.365 e. The van der Waals surface area contributed by atoms with Crippen LogP contribution in [0.2, 0.25) is 5.15 Å². The van der Waals surface area contributed by atoms with Gasteiger partial charge in [0.05, 0.1) is 9.75 Å². The van der Waals surface area contributed by atoms with Crippen LogP contribution in [0.4, 0.5) is 14.6 Å². The summed E-state index contributed by atoms with van der Waals surface area (Å²) in [6.45, 7) is 1.31. The number of hydrogen-bond acceptors (Lipinski definition) is 5. The summed E-state index contributed by atoms with van der Waals surface area (Å²) in [5.74, 6) is 1.27. The minimum absolute atomic E-state index is 0.0615. The summed E-state index contributed by atoms with van der Waals surface area (Å²) in [7, 11) is 0. The van der Waals surface area contributed by atoms with E-state index in [0.717, 1.165) is 24.2 Å². The van der Waals surface area contributed by atoms with Crippen molar-refractivity contribution in [1.82, 2.24) is 15.1 Å². The zero-order valence-electron chi connectivity index (χ0n) is 13.7. The van der Waals surface area contributed by atoms with Gasteiger partial charge in [0.2, 0.25) is 0 Å². The SMILES string of the molecule is O=C(c1ccc(C(F)F)s1)N1C[C@@H]2CC[C@@H](Nc3ccc(Cl)nn3)[C@@H]2C1. The highest BCUT2D eigenvalue weighted by atomic mass is 35.5. The number of thiophene rings is 1. The Balaban J connectivity index is 1.42. The summed E-state index contributed by atoms with van der Waals surface area (Å²) < 4.78 is 25.5. The van der Waals surface area contributed by atoms with E-state index in [1.165, 1.54) is 12.1 Å². The maximum Gasteiger partial charge on any atom is 0.272 e. The molecule has 0 bridgehead atoms. The standard InChI is InChI=1S/C17H17ClF2N4OS/c18-14-5-6-15(23-22-14)21-11-2-1-9-7-24(8-10(9)11)17(25)13-4-3-12(26-13)16(19)20/h3-6,9-11,16H,1-2,7-8H2,(H,21,23)/t9-,10+,11+/m0/s1. The molecule has 3 atom stereocenters. The molecule has 26 heavy (non-hydrogen) atoms. The summed E-state index contributed by atoms with van der Waals surface area (Å²) in [5, 5.41) is 11.6. The molecular weight excluding hydrogens is 382 g/mol. The van der Waals surface area contributed by atoms with Gasteiger partial charge in [-0.25, -0.2) is 8.78 Å². The Morgan fingerprint density at radius 2 is 2.08 bits per heavy atom. The van der Waals surface area contributed by atoms with Gasteiger partial charge < -0.3 is 10.2 Å². The van der Waals surface area contributed by atoms with E-state index in [4.69, 9.17) is 11.6 Å². The number of rotatable bonds is 4. The number of nitrogens with zero attached hydrogens (tertiary/aromatic N) is 3. The first kappa shape index (κ1) is 17.6. The number of hydrogen-bond donors (Lipinski definition) is 1. The lowest BCUT2D eigenvalue weighted by Gasteiger charge is -2.21. The van der Waals surface area contributed by atoms with Crippen LogP contribution in [0.25, 0.3) is 0 Å². The zero-order chi connectivity index (χ0) is 18.3. The van der Waals surface area contributed by atoms with Crippen LogP contribution in [0.1, 0.15) is 33.8 Å². The van der Waals surface area contributed by atoms with Crippen LogP contribution >= 0.6 is 22.9 Å². The molecule has 1 saturated heterocycles. The minimum atomic E-state index is -2.53. The van der Waals surface area contributed by atoms with Gasteiger partial charge in [0.25, 0.3) is 12.3 Å². The number of amides is 1. The third kappa shape index (κ3) is 3.40. The molecule has 2 aliphatic rings. The number of alkyl halides is 2. The van der Waals surface area contributed by atoms with Crippen molar-refractivity contribution in [2.75, 3.05) is 18.4 Å². The average Bonchev–Trinajstić information content (AvgIpc) is 3.33. The van der Waals surface area contributed by atoms with E-state index in [1.54, 1.807) is 17.0 Å². The van der Waals surface area contributed by atoms with E-state index in [2.05, 4.69) is 15.5 Å². The molecule has 2 fully saturated rings. The Labute approximate surface area is 158 Å². The first-order chi connectivity index (χ1) is 12.5. The van der Waals surface area contributed by atoms with E-state index in [9.17, 15) is 13.6 Å². The molecule has 4 rings (SSSR count). The van der Waals surface area contributed by atoms with Gasteiger partial charge in [-0.3, -0.25) is 4.79 Å². The lowest BCUT2D eigenvalue weighted by molar-refractivity contribution is 0.0785. The van der Waals surface area contributed by atoms with E-state index in [1.807, 2.05) is 0 Å². The summed E-state index contributed by atoms with van der Waals surface area (Å²) in [5.41, 5.74) is 0. The topological polar surface area (TPSA) is 58.1 Å². The molecule has 0 spiro atoms. The number of anilines is 1. The molecule has 2 aromatic heterocycles. The molecule has 1 N–H and O–H groups in total. The van der Waals surface area contributed by atoms with E-state index in [-0.39, 0.29) is 16.8 Å². The van der Waals surface area contributed by atoms with Crippen molar-refractivity contribution in [3.05, 3.63) is 39.2 Å². The molecule has 3 heterocycles. The van der Waals surface area contributed by atoms with Crippen LogP contribution in [-0.4, -0.2) is 40.1 Å². The van der Waals surface area contributed by atoms with Crippen LogP contribution in [0.5, 0.6) is 0 Å². The predicted molar refractivity (Wildman–Crippen MR) is 95.8 cm³/mol. The maximum atomic E-state index is 12.8. The highest BCUT2D eigenvalue weighted by Gasteiger charge is 2.44. The summed E-state index contributed by atoms with van der Waals surface area (Å²) >= 11 is 6.64. The van der Waals surface area contributed by atoms with Crippen molar-refractivity contribution in [3.8, 4) is 0 Å². The average molecular weight is 399 g/mol. The van der Waals surface area contributed by atoms with Crippen molar-refractivity contribution in [3.63, 3.8) is 0 Å².